The Labute approximate surface area is 121 Å². The van der Waals surface area contributed by atoms with Crippen LogP contribution in [0.25, 0.3) is 10.9 Å². The summed E-state index contributed by atoms with van der Waals surface area (Å²) in [6, 6.07) is 10.2. The molecule has 1 unspecified atom stereocenters. The molecule has 1 aromatic carbocycles. The smallest absolute Gasteiger partial charge is 0.149 e. The molecule has 3 heteroatoms. The summed E-state index contributed by atoms with van der Waals surface area (Å²) >= 11 is 0. The number of carbonyl (C=O) groups excluding carboxylic acids is 1. The molecular weight excluding hydrogens is 248 g/mol. The van der Waals surface area contributed by atoms with Crippen molar-refractivity contribution in [3.63, 3.8) is 0 Å². The van der Waals surface area contributed by atoms with Crippen LogP contribution in [0.2, 0.25) is 0 Å². The molecule has 0 bridgehead atoms. The first-order valence-corrected chi connectivity index (χ1v) is 7.57. The minimum absolute atomic E-state index is 0.0759. The van der Waals surface area contributed by atoms with Crippen LogP contribution in [0.4, 0.5) is 0 Å². The van der Waals surface area contributed by atoms with E-state index in [-0.39, 0.29) is 11.8 Å². The Balaban J connectivity index is 0.000000956. The molecule has 0 fully saturated rings. The Morgan fingerprint density at radius 2 is 1.95 bits per heavy atom. The average Bonchev–Trinajstić information content (AvgIpc) is 2.90. The first-order valence-electron chi connectivity index (χ1n) is 7.57. The Hall–Kier alpha value is -1.61. The number of Topliss-reactive ketones (excluding diaryl/α,β-unsaturated/α-hetero) is 1. The van der Waals surface area contributed by atoms with E-state index in [1.165, 1.54) is 5.39 Å². The SMILES string of the molecule is CC.CCNC(Cc1cc2ccccc2[nH]1)C(=O)CC. The number of ketones is 1. The first-order chi connectivity index (χ1) is 9.74. The standard InChI is InChI=1S/C15H20N2O.C2H6/c1-3-15(18)14(16-4-2)10-12-9-11-7-5-6-8-13(11)17-12;1-2/h5-9,14,16-17H,3-4,10H2,1-2H3;1-2H3. The largest absolute Gasteiger partial charge is 0.358 e. The second-order valence-corrected chi connectivity index (χ2v) is 4.52. The van der Waals surface area contributed by atoms with Crippen molar-refractivity contribution >= 4 is 16.7 Å². The second kappa shape index (κ2) is 8.54. The fourth-order valence-corrected chi connectivity index (χ4v) is 2.26. The number of H-pyrrole nitrogens is 1. The summed E-state index contributed by atoms with van der Waals surface area (Å²) in [5, 5.41) is 4.46. The van der Waals surface area contributed by atoms with E-state index in [9.17, 15) is 4.79 Å². The number of nitrogens with one attached hydrogen (secondary N) is 2. The fourth-order valence-electron chi connectivity index (χ4n) is 2.26. The van der Waals surface area contributed by atoms with Gasteiger partial charge in [0.15, 0.2) is 0 Å². The molecule has 1 aromatic heterocycles. The van der Waals surface area contributed by atoms with Gasteiger partial charge >= 0.3 is 0 Å². The van der Waals surface area contributed by atoms with Crippen LogP contribution in [0.3, 0.4) is 0 Å². The molecule has 0 spiro atoms. The number of rotatable bonds is 6. The number of hydrogen-bond donors (Lipinski definition) is 2. The van der Waals surface area contributed by atoms with Gasteiger partial charge < -0.3 is 10.3 Å². The van der Waals surface area contributed by atoms with Crippen molar-refractivity contribution in [1.82, 2.24) is 10.3 Å². The molecule has 1 atom stereocenters. The number of aromatic amines is 1. The van der Waals surface area contributed by atoms with Gasteiger partial charge in [0.25, 0.3) is 0 Å². The number of fused-ring (bicyclic) bond motifs is 1. The van der Waals surface area contributed by atoms with E-state index in [1.807, 2.05) is 39.8 Å². The van der Waals surface area contributed by atoms with E-state index < -0.39 is 0 Å². The van der Waals surface area contributed by atoms with Gasteiger partial charge in [-0.2, -0.15) is 0 Å². The van der Waals surface area contributed by atoms with Gasteiger partial charge in [-0.3, -0.25) is 4.79 Å². The third-order valence-electron chi connectivity index (χ3n) is 3.20. The van der Waals surface area contributed by atoms with Crippen LogP contribution in [0.15, 0.2) is 30.3 Å². The highest BCUT2D eigenvalue weighted by atomic mass is 16.1. The van der Waals surface area contributed by atoms with Crippen LogP contribution >= 0.6 is 0 Å². The lowest BCUT2D eigenvalue weighted by molar-refractivity contribution is -0.120. The van der Waals surface area contributed by atoms with Crippen molar-refractivity contribution in [2.75, 3.05) is 6.54 Å². The number of para-hydroxylation sites is 1. The van der Waals surface area contributed by atoms with Crippen molar-refractivity contribution in [2.24, 2.45) is 0 Å². The maximum atomic E-state index is 11.8. The Kier molecular flexibility index (Phi) is 7.02. The van der Waals surface area contributed by atoms with Gasteiger partial charge in [0, 0.05) is 24.1 Å². The third kappa shape index (κ3) is 4.20. The van der Waals surface area contributed by atoms with Crippen LogP contribution in [0.5, 0.6) is 0 Å². The Bertz CT molecular complexity index is 498. The molecule has 0 radical (unpaired) electrons. The minimum atomic E-state index is -0.0759. The van der Waals surface area contributed by atoms with Crippen molar-refractivity contribution in [1.29, 1.82) is 0 Å². The topological polar surface area (TPSA) is 44.9 Å². The van der Waals surface area contributed by atoms with Crippen LogP contribution in [-0.4, -0.2) is 23.4 Å². The van der Waals surface area contributed by atoms with Crippen LogP contribution in [0.1, 0.15) is 39.8 Å². The van der Waals surface area contributed by atoms with Gasteiger partial charge in [-0.1, -0.05) is 45.9 Å². The maximum Gasteiger partial charge on any atom is 0.149 e. The number of likely N-dealkylation sites (N-methyl/N-ethyl adjacent to an activating group) is 1. The molecule has 0 saturated heterocycles. The highest BCUT2D eigenvalue weighted by Crippen LogP contribution is 2.16. The van der Waals surface area contributed by atoms with Crippen molar-refractivity contribution in [3.8, 4) is 0 Å². The van der Waals surface area contributed by atoms with Gasteiger partial charge in [0.05, 0.1) is 6.04 Å². The Morgan fingerprint density at radius 1 is 1.25 bits per heavy atom. The summed E-state index contributed by atoms with van der Waals surface area (Å²) in [6.07, 6.45) is 1.31. The maximum absolute atomic E-state index is 11.8. The molecule has 2 aromatic rings. The van der Waals surface area contributed by atoms with Gasteiger partial charge in [0.2, 0.25) is 0 Å². The number of aromatic nitrogens is 1. The van der Waals surface area contributed by atoms with Gasteiger partial charge in [-0.05, 0) is 24.1 Å². The molecule has 0 saturated carbocycles. The summed E-state index contributed by atoms with van der Waals surface area (Å²) < 4.78 is 0. The van der Waals surface area contributed by atoms with Gasteiger partial charge in [0.1, 0.15) is 5.78 Å². The van der Waals surface area contributed by atoms with Crippen LogP contribution in [0, 0.1) is 0 Å². The monoisotopic (exact) mass is 274 g/mol. The molecule has 3 nitrogen and oxygen atoms in total. The molecular formula is C17H26N2O. The van der Waals surface area contributed by atoms with Gasteiger partial charge in [-0.25, -0.2) is 0 Å². The summed E-state index contributed by atoms with van der Waals surface area (Å²) in [5.41, 5.74) is 2.25. The predicted molar refractivity (Wildman–Crippen MR) is 86.1 cm³/mol. The molecule has 2 rings (SSSR count). The fraction of sp³-hybridized carbons (Fsp3) is 0.471. The second-order valence-electron chi connectivity index (χ2n) is 4.52. The van der Waals surface area contributed by atoms with E-state index in [2.05, 4.69) is 28.5 Å². The van der Waals surface area contributed by atoms with Crippen LogP contribution in [-0.2, 0) is 11.2 Å². The normalized spacial score (nSPS) is 11.8. The summed E-state index contributed by atoms with van der Waals surface area (Å²) in [5.74, 6) is 0.274. The number of carbonyl (C=O) groups is 1. The highest BCUT2D eigenvalue weighted by molar-refractivity contribution is 5.85. The van der Waals surface area contributed by atoms with E-state index in [0.717, 1.165) is 24.2 Å². The molecule has 110 valence electrons. The number of hydrogen-bond acceptors (Lipinski definition) is 2. The minimum Gasteiger partial charge on any atom is -0.358 e. The quantitative estimate of drug-likeness (QED) is 0.843. The van der Waals surface area contributed by atoms with E-state index in [0.29, 0.717) is 6.42 Å². The van der Waals surface area contributed by atoms with E-state index in [4.69, 9.17) is 0 Å². The van der Waals surface area contributed by atoms with Crippen molar-refractivity contribution < 1.29 is 4.79 Å². The van der Waals surface area contributed by atoms with Gasteiger partial charge in [-0.15, -0.1) is 0 Å². The summed E-state index contributed by atoms with van der Waals surface area (Å²) in [4.78, 5) is 15.2. The molecule has 0 aliphatic heterocycles. The third-order valence-corrected chi connectivity index (χ3v) is 3.20. The van der Waals surface area contributed by atoms with Crippen molar-refractivity contribution in [2.45, 2.75) is 46.6 Å². The predicted octanol–water partition coefficient (Wildman–Crippen LogP) is 3.69. The van der Waals surface area contributed by atoms with Crippen molar-refractivity contribution in [3.05, 3.63) is 36.0 Å². The van der Waals surface area contributed by atoms with E-state index in [1.54, 1.807) is 0 Å². The number of benzene rings is 1. The lowest BCUT2D eigenvalue weighted by Crippen LogP contribution is -2.38. The molecule has 0 aliphatic carbocycles. The summed E-state index contributed by atoms with van der Waals surface area (Å²) in [7, 11) is 0. The first kappa shape index (κ1) is 16.4. The Morgan fingerprint density at radius 3 is 2.55 bits per heavy atom. The lowest BCUT2D eigenvalue weighted by atomic mass is 10.0. The van der Waals surface area contributed by atoms with Crippen LogP contribution < -0.4 is 5.32 Å². The zero-order valence-corrected chi connectivity index (χ0v) is 13.0. The van der Waals surface area contributed by atoms with E-state index >= 15 is 0 Å². The highest BCUT2D eigenvalue weighted by Gasteiger charge is 2.16. The lowest BCUT2D eigenvalue weighted by Gasteiger charge is -2.14. The molecule has 2 N–H and O–H groups in total. The molecule has 1 heterocycles. The molecule has 0 amide bonds. The average molecular weight is 274 g/mol. The summed E-state index contributed by atoms with van der Waals surface area (Å²) in [6.45, 7) is 8.76. The zero-order valence-electron chi connectivity index (χ0n) is 13.0. The zero-order chi connectivity index (χ0) is 15.0. The molecule has 20 heavy (non-hydrogen) atoms. The molecule has 0 aliphatic rings.